The Labute approximate surface area is 114 Å². The predicted octanol–water partition coefficient (Wildman–Crippen LogP) is 2.41. The van der Waals surface area contributed by atoms with Crippen molar-refractivity contribution in [2.75, 3.05) is 25.6 Å². The van der Waals surface area contributed by atoms with E-state index in [-0.39, 0.29) is 6.61 Å². The standard InChI is InChI=1S/C12H16N2O2S2/c1-8-9(2)18-12-10(8)11(13-7-14-12)17-6-5-16-4-3-15/h7,15H,3-6H2,1-2H3. The number of ether oxygens (including phenoxy) is 1. The van der Waals surface area contributed by atoms with Crippen molar-refractivity contribution in [1.82, 2.24) is 9.97 Å². The minimum atomic E-state index is 0.0747. The van der Waals surface area contributed by atoms with E-state index in [2.05, 4.69) is 23.8 Å². The predicted molar refractivity (Wildman–Crippen MR) is 75.5 cm³/mol. The van der Waals surface area contributed by atoms with E-state index in [9.17, 15) is 0 Å². The van der Waals surface area contributed by atoms with Gasteiger partial charge in [0.1, 0.15) is 16.2 Å². The lowest BCUT2D eigenvalue weighted by atomic mass is 10.2. The number of thioether (sulfide) groups is 1. The minimum Gasteiger partial charge on any atom is -0.394 e. The first-order chi connectivity index (χ1) is 8.74. The van der Waals surface area contributed by atoms with E-state index in [4.69, 9.17) is 9.84 Å². The van der Waals surface area contributed by atoms with Gasteiger partial charge < -0.3 is 9.84 Å². The van der Waals surface area contributed by atoms with Crippen LogP contribution in [0.1, 0.15) is 10.4 Å². The monoisotopic (exact) mass is 284 g/mol. The van der Waals surface area contributed by atoms with Gasteiger partial charge in [-0.2, -0.15) is 0 Å². The Morgan fingerprint density at radius 3 is 2.94 bits per heavy atom. The van der Waals surface area contributed by atoms with E-state index in [1.807, 2.05) is 0 Å². The zero-order valence-corrected chi connectivity index (χ0v) is 12.1. The molecule has 0 radical (unpaired) electrons. The van der Waals surface area contributed by atoms with Crippen molar-refractivity contribution in [2.45, 2.75) is 18.9 Å². The Balaban J connectivity index is 2.08. The summed E-state index contributed by atoms with van der Waals surface area (Å²) in [5.74, 6) is 0.834. The highest BCUT2D eigenvalue weighted by Crippen LogP contribution is 2.34. The summed E-state index contributed by atoms with van der Waals surface area (Å²) in [6.07, 6.45) is 1.62. The molecule has 0 aliphatic heterocycles. The van der Waals surface area contributed by atoms with Crippen molar-refractivity contribution in [3.05, 3.63) is 16.8 Å². The minimum absolute atomic E-state index is 0.0747. The summed E-state index contributed by atoms with van der Waals surface area (Å²) >= 11 is 3.39. The number of hydrogen-bond acceptors (Lipinski definition) is 6. The third-order valence-electron chi connectivity index (χ3n) is 2.63. The third kappa shape index (κ3) is 3.00. The van der Waals surface area contributed by atoms with Gasteiger partial charge in [-0.3, -0.25) is 0 Å². The lowest BCUT2D eigenvalue weighted by Gasteiger charge is -2.03. The molecule has 0 fully saturated rings. The van der Waals surface area contributed by atoms with Crippen molar-refractivity contribution < 1.29 is 9.84 Å². The van der Waals surface area contributed by atoms with Crippen LogP contribution in [0.4, 0.5) is 0 Å². The number of hydrogen-bond donors (Lipinski definition) is 1. The topological polar surface area (TPSA) is 55.2 Å². The van der Waals surface area contributed by atoms with E-state index >= 15 is 0 Å². The molecule has 0 saturated heterocycles. The zero-order valence-electron chi connectivity index (χ0n) is 10.5. The molecule has 2 rings (SSSR count). The fraction of sp³-hybridized carbons (Fsp3) is 0.500. The van der Waals surface area contributed by atoms with Gasteiger partial charge in [0.05, 0.1) is 19.8 Å². The van der Waals surface area contributed by atoms with Crippen LogP contribution < -0.4 is 0 Å². The number of aryl methyl sites for hydroxylation is 2. The number of rotatable bonds is 6. The van der Waals surface area contributed by atoms with E-state index in [1.165, 1.54) is 15.8 Å². The largest absolute Gasteiger partial charge is 0.394 e. The fourth-order valence-corrected chi connectivity index (χ4v) is 3.60. The molecule has 98 valence electrons. The van der Waals surface area contributed by atoms with Crippen LogP contribution in [0, 0.1) is 13.8 Å². The van der Waals surface area contributed by atoms with Crippen LogP contribution >= 0.6 is 23.1 Å². The van der Waals surface area contributed by atoms with Crippen LogP contribution in [-0.4, -0.2) is 40.6 Å². The van der Waals surface area contributed by atoms with E-state index < -0.39 is 0 Å². The molecular weight excluding hydrogens is 268 g/mol. The molecule has 2 aromatic heterocycles. The highest BCUT2D eigenvalue weighted by atomic mass is 32.2. The second kappa shape index (κ2) is 6.47. The maximum Gasteiger partial charge on any atom is 0.128 e. The third-order valence-corrected chi connectivity index (χ3v) is 4.70. The van der Waals surface area contributed by atoms with E-state index in [0.29, 0.717) is 13.2 Å². The van der Waals surface area contributed by atoms with Crippen molar-refractivity contribution >= 4 is 33.3 Å². The highest BCUT2D eigenvalue weighted by molar-refractivity contribution is 7.99. The first-order valence-electron chi connectivity index (χ1n) is 5.76. The Kier molecular flexibility index (Phi) is 4.94. The first kappa shape index (κ1) is 13.7. The van der Waals surface area contributed by atoms with Gasteiger partial charge in [-0.15, -0.1) is 23.1 Å². The molecule has 18 heavy (non-hydrogen) atoms. The molecule has 0 saturated carbocycles. The molecule has 0 aliphatic rings. The summed E-state index contributed by atoms with van der Waals surface area (Å²) in [4.78, 5) is 11.0. The Hall–Kier alpha value is -0.690. The van der Waals surface area contributed by atoms with Crippen molar-refractivity contribution in [2.24, 2.45) is 0 Å². The van der Waals surface area contributed by atoms with Gasteiger partial charge in [-0.25, -0.2) is 9.97 Å². The SMILES string of the molecule is Cc1sc2ncnc(SCCOCCO)c2c1C. The summed E-state index contributed by atoms with van der Waals surface area (Å²) < 4.78 is 5.24. The van der Waals surface area contributed by atoms with E-state index in [0.717, 1.165) is 15.6 Å². The molecule has 4 nitrogen and oxygen atoms in total. The summed E-state index contributed by atoms with van der Waals surface area (Å²) in [5, 5.41) is 10.8. The van der Waals surface area contributed by atoms with Gasteiger partial charge in [0.25, 0.3) is 0 Å². The molecule has 0 spiro atoms. The highest BCUT2D eigenvalue weighted by Gasteiger charge is 2.11. The summed E-state index contributed by atoms with van der Waals surface area (Å²) in [5.41, 5.74) is 1.27. The molecule has 0 bridgehead atoms. The summed E-state index contributed by atoms with van der Waals surface area (Å²) in [6.45, 7) is 5.32. The van der Waals surface area contributed by atoms with Crippen LogP contribution in [0.5, 0.6) is 0 Å². The Bertz CT molecular complexity index is 528. The molecule has 2 heterocycles. The van der Waals surface area contributed by atoms with E-state index in [1.54, 1.807) is 29.4 Å². The summed E-state index contributed by atoms with van der Waals surface area (Å²) in [6, 6.07) is 0. The average Bonchev–Trinajstić information content (AvgIpc) is 2.66. The molecular formula is C12H16N2O2S2. The van der Waals surface area contributed by atoms with Crippen LogP contribution in [0.2, 0.25) is 0 Å². The van der Waals surface area contributed by atoms with Crippen molar-refractivity contribution in [3.63, 3.8) is 0 Å². The molecule has 0 atom stereocenters. The second-order valence-corrected chi connectivity index (χ2v) is 6.11. The quantitative estimate of drug-likeness (QED) is 0.501. The van der Waals surface area contributed by atoms with Crippen molar-refractivity contribution in [3.8, 4) is 0 Å². The first-order valence-corrected chi connectivity index (χ1v) is 7.56. The Morgan fingerprint density at radius 2 is 2.17 bits per heavy atom. The number of aliphatic hydroxyl groups excluding tert-OH is 1. The molecule has 2 aromatic rings. The van der Waals surface area contributed by atoms with Gasteiger partial charge >= 0.3 is 0 Å². The maximum absolute atomic E-state index is 8.61. The van der Waals surface area contributed by atoms with Crippen LogP contribution in [-0.2, 0) is 4.74 Å². The lowest BCUT2D eigenvalue weighted by Crippen LogP contribution is -2.02. The van der Waals surface area contributed by atoms with Crippen molar-refractivity contribution in [1.29, 1.82) is 0 Å². The van der Waals surface area contributed by atoms with Crippen LogP contribution in [0.3, 0.4) is 0 Å². The van der Waals surface area contributed by atoms with Gasteiger partial charge in [-0.05, 0) is 19.4 Å². The second-order valence-electron chi connectivity index (χ2n) is 3.83. The number of aromatic nitrogens is 2. The molecule has 0 aromatic carbocycles. The van der Waals surface area contributed by atoms with Gasteiger partial charge in [-0.1, -0.05) is 0 Å². The van der Waals surface area contributed by atoms with Gasteiger partial charge in [0.2, 0.25) is 0 Å². The number of aliphatic hydroxyl groups is 1. The fourth-order valence-electron chi connectivity index (χ4n) is 1.62. The number of fused-ring (bicyclic) bond motifs is 1. The smallest absolute Gasteiger partial charge is 0.128 e. The van der Waals surface area contributed by atoms with Gasteiger partial charge in [0.15, 0.2) is 0 Å². The average molecular weight is 284 g/mol. The molecule has 0 amide bonds. The molecule has 6 heteroatoms. The van der Waals surface area contributed by atoms with Crippen LogP contribution in [0.15, 0.2) is 11.4 Å². The molecule has 1 N–H and O–H groups in total. The Morgan fingerprint density at radius 1 is 1.33 bits per heavy atom. The number of nitrogens with zero attached hydrogens (tertiary/aromatic N) is 2. The molecule has 0 unspecified atom stereocenters. The normalized spacial score (nSPS) is 11.3. The maximum atomic E-state index is 8.61. The summed E-state index contributed by atoms with van der Waals surface area (Å²) in [7, 11) is 0. The van der Waals surface area contributed by atoms with Gasteiger partial charge in [0, 0.05) is 16.0 Å². The number of thiophene rings is 1. The van der Waals surface area contributed by atoms with Crippen LogP contribution in [0.25, 0.3) is 10.2 Å². The molecule has 0 aliphatic carbocycles. The lowest BCUT2D eigenvalue weighted by molar-refractivity contribution is 0.103. The zero-order chi connectivity index (χ0) is 13.0.